The van der Waals surface area contributed by atoms with Gasteiger partial charge in [-0.2, -0.15) is 13.2 Å². The minimum atomic E-state index is -4.38. The van der Waals surface area contributed by atoms with Gasteiger partial charge in [-0.1, -0.05) is 37.5 Å². The van der Waals surface area contributed by atoms with E-state index in [2.05, 4.69) is 20.9 Å². The molecule has 2 aliphatic rings. The number of rotatable bonds is 6. The summed E-state index contributed by atoms with van der Waals surface area (Å²) < 4.78 is 39.7. The molecule has 0 atom stereocenters. The Hall–Kier alpha value is -2.78. The predicted molar refractivity (Wildman–Crippen MR) is 111 cm³/mol. The van der Waals surface area contributed by atoms with Crippen LogP contribution in [0.3, 0.4) is 0 Å². The van der Waals surface area contributed by atoms with Crippen LogP contribution < -0.4 is 16.0 Å². The number of carbonyl (C=O) groups is 2. The topological polar surface area (TPSA) is 85.8 Å². The smallest absolute Gasteiger partial charge is 0.356 e. The lowest BCUT2D eigenvalue weighted by molar-refractivity contribution is -0.137. The number of hydrogen-bond donors (Lipinski definition) is 3. The summed E-state index contributed by atoms with van der Waals surface area (Å²) in [6.45, 7) is 0.960. The number of guanidine groups is 1. The zero-order valence-corrected chi connectivity index (χ0v) is 17.5. The van der Waals surface area contributed by atoms with Gasteiger partial charge in [0, 0.05) is 32.1 Å². The van der Waals surface area contributed by atoms with Gasteiger partial charge in [-0.25, -0.2) is 4.79 Å². The Labute approximate surface area is 179 Å². The Bertz CT molecular complexity index is 819. The van der Waals surface area contributed by atoms with E-state index in [1.165, 1.54) is 12.1 Å². The molecule has 0 aromatic heterocycles. The lowest BCUT2D eigenvalue weighted by Crippen LogP contribution is -2.48. The summed E-state index contributed by atoms with van der Waals surface area (Å²) >= 11 is 0. The van der Waals surface area contributed by atoms with Crippen LogP contribution in [-0.2, 0) is 16.4 Å². The van der Waals surface area contributed by atoms with Gasteiger partial charge < -0.3 is 16.0 Å². The molecule has 31 heavy (non-hydrogen) atoms. The number of urea groups is 1. The summed E-state index contributed by atoms with van der Waals surface area (Å²) in [5.41, 5.74) is -0.364. The average molecular weight is 439 g/mol. The van der Waals surface area contributed by atoms with Gasteiger partial charge in [0.05, 0.1) is 12.1 Å². The van der Waals surface area contributed by atoms with Crippen molar-refractivity contribution in [2.45, 2.75) is 43.7 Å². The van der Waals surface area contributed by atoms with E-state index in [0.29, 0.717) is 24.6 Å². The van der Waals surface area contributed by atoms with Gasteiger partial charge in [0.15, 0.2) is 5.96 Å². The summed E-state index contributed by atoms with van der Waals surface area (Å²) in [5, 5.41) is 8.77. The lowest BCUT2D eigenvalue weighted by atomic mass is 9.69. The molecule has 10 heteroatoms. The van der Waals surface area contributed by atoms with Crippen molar-refractivity contribution in [3.05, 3.63) is 35.4 Å². The highest BCUT2D eigenvalue weighted by Crippen LogP contribution is 2.41. The third kappa shape index (κ3) is 5.48. The summed E-state index contributed by atoms with van der Waals surface area (Å²) in [4.78, 5) is 28.5. The highest BCUT2D eigenvalue weighted by Gasteiger charge is 2.37. The molecule has 3 amide bonds. The van der Waals surface area contributed by atoms with E-state index in [4.69, 9.17) is 0 Å². The van der Waals surface area contributed by atoms with Crippen LogP contribution in [0.1, 0.15) is 43.2 Å². The molecule has 0 unspecified atom stereocenters. The van der Waals surface area contributed by atoms with Crippen LogP contribution in [0.15, 0.2) is 29.3 Å². The number of amides is 3. The lowest BCUT2D eigenvalue weighted by Gasteiger charge is -2.38. The second-order valence-corrected chi connectivity index (χ2v) is 7.98. The van der Waals surface area contributed by atoms with Gasteiger partial charge in [0.25, 0.3) is 0 Å². The van der Waals surface area contributed by atoms with Crippen molar-refractivity contribution < 1.29 is 22.8 Å². The molecular weight excluding hydrogens is 411 g/mol. The van der Waals surface area contributed by atoms with E-state index in [0.717, 1.165) is 43.1 Å². The minimum Gasteiger partial charge on any atom is -0.356 e. The molecule has 2 fully saturated rings. The van der Waals surface area contributed by atoms with Crippen LogP contribution in [0.4, 0.5) is 18.0 Å². The van der Waals surface area contributed by atoms with Crippen molar-refractivity contribution >= 4 is 17.9 Å². The third-order valence-electron chi connectivity index (χ3n) is 6.00. The Kier molecular flexibility index (Phi) is 7.07. The number of aliphatic imine (C=N–C) groups is 1. The van der Waals surface area contributed by atoms with Crippen LogP contribution >= 0.6 is 0 Å². The number of nitrogens with one attached hydrogen (secondary N) is 3. The van der Waals surface area contributed by atoms with Gasteiger partial charge in [-0.15, -0.1) is 0 Å². The second kappa shape index (κ2) is 9.57. The number of hydrogen-bond acceptors (Lipinski definition) is 3. The summed E-state index contributed by atoms with van der Waals surface area (Å²) in [6, 6.07) is 5.20. The van der Waals surface area contributed by atoms with Crippen molar-refractivity contribution in [1.29, 1.82) is 0 Å². The molecule has 1 aliphatic carbocycles. The maximum absolute atomic E-state index is 13.2. The number of nitrogens with zero attached hydrogens (tertiary/aromatic N) is 2. The molecule has 170 valence electrons. The Morgan fingerprint density at radius 2 is 1.94 bits per heavy atom. The monoisotopic (exact) mass is 439 g/mol. The molecule has 0 bridgehead atoms. The fourth-order valence-electron chi connectivity index (χ4n) is 4.26. The molecule has 3 rings (SSSR count). The standard InChI is InChI=1S/C21H28F3N5O2/c1-25-18(26-10-11-29-17(30)13-27-19(29)31)28-14-20(8-3-2-4-9-20)15-6-5-7-16(12-15)21(22,23)24/h5-7,12H,2-4,8-11,13-14H2,1H3,(H,27,31)(H2,25,26,28). The van der Waals surface area contributed by atoms with E-state index in [1.807, 2.05) is 0 Å². The van der Waals surface area contributed by atoms with Gasteiger partial charge in [-0.05, 0) is 24.5 Å². The zero-order chi connectivity index (χ0) is 22.5. The van der Waals surface area contributed by atoms with Crippen LogP contribution in [0.2, 0.25) is 0 Å². The van der Waals surface area contributed by atoms with Crippen LogP contribution in [-0.4, -0.2) is 56.0 Å². The molecule has 1 aromatic carbocycles. The maximum atomic E-state index is 13.2. The second-order valence-electron chi connectivity index (χ2n) is 7.98. The number of halogens is 3. The quantitative estimate of drug-likeness (QED) is 0.361. The van der Waals surface area contributed by atoms with E-state index in [9.17, 15) is 22.8 Å². The first-order valence-corrected chi connectivity index (χ1v) is 10.5. The fourth-order valence-corrected chi connectivity index (χ4v) is 4.26. The number of imide groups is 1. The summed E-state index contributed by atoms with van der Waals surface area (Å²) in [7, 11) is 1.60. The zero-order valence-electron chi connectivity index (χ0n) is 17.5. The fraction of sp³-hybridized carbons (Fsp3) is 0.571. The number of alkyl halides is 3. The first-order valence-electron chi connectivity index (χ1n) is 10.5. The van der Waals surface area contributed by atoms with Crippen molar-refractivity contribution in [3.8, 4) is 0 Å². The maximum Gasteiger partial charge on any atom is 0.416 e. The third-order valence-corrected chi connectivity index (χ3v) is 6.00. The first kappa shape index (κ1) is 22.9. The highest BCUT2D eigenvalue weighted by atomic mass is 19.4. The van der Waals surface area contributed by atoms with E-state index in [1.54, 1.807) is 13.1 Å². The molecule has 7 nitrogen and oxygen atoms in total. The van der Waals surface area contributed by atoms with Crippen molar-refractivity contribution in [2.75, 3.05) is 33.2 Å². The van der Waals surface area contributed by atoms with Crippen molar-refractivity contribution in [2.24, 2.45) is 4.99 Å². The number of benzene rings is 1. The normalized spacial score (nSPS) is 19.4. The molecule has 3 N–H and O–H groups in total. The summed E-state index contributed by atoms with van der Waals surface area (Å²) in [6.07, 6.45) is 0.184. The van der Waals surface area contributed by atoms with Gasteiger partial charge in [-0.3, -0.25) is 14.7 Å². The van der Waals surface area contributed by atoms with Crippen LogP contribution in [0.5, 0.6) is 0 Å². The Morgan fingerprint density at radius 1 is 1.19 bits per heavy atom. The van der Waals surface area contributed by atoms with E-state index < -0.39 is 23.2 Å². The number of carbonyl (C=O) groups excluding carboxylic acids is 2. The summed E-state index contributed by atoms with van der Waals surface area (Å²) in [5.74, 6) is 0.199. The molecular formula is C21H28F3N5O2. The van der Waals surface area contributed by atoms with E-state index >= 15 is 0 Å². The van der Waals surface area contributed by atoms with Gasteiger partial charge in [0.2, 0.25) is 5.91 Å². The van der Waals surface area contributed by atoms with Crippen molar-refractivity contribution in [1.82, 2.24) is 20.9 Å². The first-order chi connectivity index (χ1) is 14.7. The molecule has 1 saturated heterocycles. The molecule has 1 heterocycles. The average Bonchev–Trinajstić information content (AvgIpc) is 3.08. The van der Waals surface area contributed by atoms with Gasteiger partial charge in [0.1, 0.15) is 0 Å². The van der Waals surface area contributed by atoms with Crippen LogP contribution in [0.25, 0.3) is 0 Å². The SMILES string of the molecule is CN=C(NCCN1C(=O)CNC1=O)NCC1(c2cccc(C(F)(F)F)c2)CCCCC1. The largest absolute Gasteiger partial charge is 0.416 e. The molecule has 0 spiro atoms. The molecule has 0 radical (unpaired) electrons. The van der Waals surface area contributed by atoms with Gasteiger partial charge >= 0.3 is 12.2 Å². The molecule has 1 aliphatic heterocycles. The Balaban J connectivity index is 1.65. The minimum absolute atomic E-state index is 0.00527. The predicted octanol–water partition coefficient (Wildman–Crippen LogP) is 2.62. The van der Waals surface area contributed by atoms with Crippen molar-refractivity contribution in [3.63, 3.8) is 0 Å². The van der Waals surface area contributed by atoms with E-state index in [-0.39, 0.29) is 19.0 Å². The molecule has 1 saturated carbocycles. The Morgan fingerprint density at radius 3 is 2.55 bits per heavy atom. The highest BCUT2D eigenvalue weighted by molar-refractivity contribution is 6.01. The van der Waals surface area contributed by atoms with Crippen LogP contribution in [0, 0.1) is 0 Å². The molecule has 1 aromatic rings.